The van der Waals surface area contributed by atoms with Crippen molar-refractivity contribution in [2.75, 3.05) is 0 Å². The normalized spacial score (nSPS) is 11.1. The van der Waals surface area contributed by atoms with E-state index in [4.69, 9.17) is 8.83 Å². The van der Waals surface area contributed by atoms with Gasteiger partial charge in [-0.05, 0) is 30.3 Å². The summed E-state index contributed by atoms with van der Waals surface area (Å²) in [5.74, 6) is 0.298. The fraction of sp³-hybridized carbons (Fsp3) is 0. The number of nitrogens with one attached hydrogen (secondary N) is 1. The van der Waals surface area contributed by atoms with Crippen molar-refractivity contribution in [3.05, 3.63) is 88.4 Å². The Morgan fingerprint density at radius 1 is 1.04 bits per heavy atom. The number of para-hydroxylation sites is 2. The minimum absolute atomic E-state index is 0.0569. The number of furan rings is 2. The number of hydrazone groups is 1. The van der Waals surface area contributed by atoms with Crippen LogP contribution in [0.15, 0.2) is 80.7 Å². The van der Waals surface area contributed by atoms with Crippen LogP contribution in [0.1, 0.15) is 16.3 Å². The van der Waals surface area contributed by atoms with Crippen LogP contribution in [0.3, 0.4) is 0 Å². The van der Waals surface area contributed by atoms with Crippen molar-refractivity contribution in [1.82, 2.24) is 5.43 Å². The van der Waals surface area contributed by atoms with Gasteiger partial charge < -0.3 is 8.83 Å². The molecule has 0 aliphatic rings. The molecule has 1 N–H and O–H groups in total. The summed E-state index contributed by atoms with van der Waals surface area (Å²) in [4.78, 5) is 22.8. The lowest BCUT2D eigenvalue weighted by atomic mass is 10.1. The third kappa shape index (κ3) is 3.38. The zero-order valence-electron chi connectivity index (χ0n) is 14.4. The highest BCUT2D eigenvalue weighted by atomic mass is 16.6. The molecule has 4 rings (SSSR count). The summed E-state index contributed by atoms with van der Waals surface area (Å²) in [6, 6.07) is 18.4. The molecule has 28 heavy (non-hydrogen) atoms. The highest BCUT2D eigenvalue weighted by Crippen LogP contribution is 2.30. The molecule has 0 radical (unpaired) electrons. The van der Waals surface area contributed by atoms with E-state index in [0.717, 1.165) is 5.39 Å². The average Bonchev–Trinajstić information content (AvgIpc) is 3.35. The Hall–Kier alpha value is -4.20. The predicted molar refractivity (Wildman–Crippen MR) is 102 cm³/mol. The topological polar surface area (TPSA) is 111 Å². The van der Waals surface area contributed by atoms with Crippen LogP contribution in [0.4, 0.5) is 5.69 Å². The van der Waals surface area contributed by atoms with Crippen LogP contribution >= 0.6 is 0 Å². The molecule has 0 atom stereocenters. The lowest BCUT2D eigenvalue weighted by Crippen LogP contribution is -2.16. The van der Waals surface area contributed by atoms with Crippen LogP contribution in [-0.4, -0.2) is 17.0 Å². The number of carbonyl (C=O) groups excluding carboxylic acids is 1. The number of rotatable bonds is 5. The first-order valence-corrected chi connectivity index (χ1v) is 8.27. The van der Waals surface area contributed by atoms with Crippen LogP contribution in [-0.2, 0) is 0 Å². The zero-order valence-corrected chi connectivity index (χ0v) is 14.4. The number of nitrogens with zero attached hydrogens (tertiary/aromatic N) is 2. The van der Waals surface area contributed by atoms with E-state index in [1.807, 2.05) is 18.2 Å². The van der Waals surface area contributed by atoms with E-state index in [-0.39, 0.29) is 11.4 Å². The van der Waals surface area contributed by atoms with Gasteiger partial charge in [0.1, 0.15) is 17.1 Å². The van der Waals surface area contributed by atoms with Gasteiger partial charge in [0, 0.05) is 11.5 Å². The second kappa shape index (κ2) is 7.20. The van der Waals surface area contributed by atoms with Gasteiger partial charge in [-0.1, -0.05) is 30.3 Å². The Bertz CT molecular complexity index is 1170. The summed E-state index contributed by atoms with van der Waals surface area (Å²) in [6.07, 6.45) is 1.30. The summed E-state index contributed by atoms with van der Waals surface area (Å²) < 4.78 is 11.0. The molecular formula is C20H13N3O5. The highest BCUT2D eigenvalue weighted by molar-refractivity contribution is 5.96. The molecule has 0 saturated carbocycles. The number of benzene rings is 2. The molecule has 1 amide bonds. The van der Waals surface area contributed by atoms with E-state index < -0.39 is 10.8 Å². The number of nitro groups is 1. The number of hydrogen-bond acceptors (Lipinski definition) is 6. The molecule has 4 aromatic rings. The summed E-state index contributed by atoms with van der Waals surface area (Å²) >= 11 is 0. The number of hydrogen-bond donors (Lipinski definition) is 1. The van der Waals surface area contributed by atoms with Crippen molar-refractivity contribution in [1.29, 1.82) is 0 Å². The van der Waals surface area contributed by atoms with Crippen LogP contribution in [0.25, 0.3) is 22.3 Å². The monoisotopic (exact) mass is 375 g/mol. The first kappa shape index (κ1) is 17.2. The van der Waals surface area contributed by atoms with Crippen molar-refractivity contribution >= 4 is 28.8 Å². The molecule has 0 unspecified atom stereocenters. The van der Waals surface area contributed by atoms with Gasteiger partial charge in [0.15, 0.2) is 5.76 Å². The van der Waals surface area contributed by atoms with Gasteiger partial charge in [-0.15, -0.1) is 0 Å². The lowest BCUT2D eigenvalue weighted by Gasteiger charge is -1.98. The maximum Gasteiger partial charge on any atom is 0.307 e. The Labute approximate surface area is 158 Å². The van der Waals surface area contributed by atoms with E-state index in [0.29, 0.717) is 22.7 Å². The van der Waals surface area contributed by atoms with Crippen LogP contribution in [0, 0.1) is 10.1 Å². The van der Waals surface area contributed by atoms with Gasteiger partial charge in [-0.25, -0.2) is 5.43 Å². The summed E-state index contributed by atoms with van der Waals surface area (Å²) in [5.41, 5.74) is 3.27. The molecule has 2 aromatic carbocycles. The molecule has 0 bridgehead atoms. The Balaban J connectivity index is 1.47. The van der Waals surface area contributed by atoms with Crippen molar-refractivity contribution in [2.45, 2.75) is 0 Å². The second-order valence-corrected chi connectivity index (χ2v) is 5.82. The fourth-order valence-corrected chi connectivity index (χ4v) is 2.71. The van der Waals surface area contributed by atoms with Crippen molar-refractivity contribution in [3.63, 3.8) is 0 Å². The van der Waals surface area contributed by atoms with Gasteiger partial charge in [-0.3, -0.25) is 14.9 Å². The van der Waals surface area contributed by atoms with Gasteiger partial charge in [0.2, 0.25) is 0 Å². The molecule has 0 aliphatic carbocycles. The first-order chi connectivity index (χ1) is 13.6. The molecule has 0 aliphatic heterocycles. The van der Waals surface area contributed by atoms with E-state index >= 15 is 0 Å². The van der Waals surface area contributed by atoms with Gasteiger partial charge in [0.25, 0.3) is 5.69 Å². The maximum atomic E-state index is 12.1. The molecule has 2 aromatic heterocycles. The number of carbonyl (C=O) groups is 1. The fourth-order valence-electron chi connectivity index (χ4n) is 2.71. The number of fused-ring (bicyclic) bond motifs is 1. The Kier molecular flexibility index (Phi) is 4.43. The number of amides is 1. The SMILES string of the molecule is O=C(N/N=C\c1ccc(-c2ccccc2[N+](=O)[O-])o1)c1cc2ccccc2o1. The van der Waals surface area contributed by atoms with Crippen molar-refractivity contribution in [3.8, 4) is 11.3 Å². The minimum Gasteiger partial charge on any atom is -0.455 e. The summed E-state index contributed by atoms with van der Waals surface area (Å²) in [5, 5.41) is 15.8. The van der Waals surface area contributed by atoms with E-state index in [2.05, 4.69) is 10.5 Å². The quantitative estimate of drug-likeness (QED) is 0.316. The van der Waals surface area contributed by atoms with E-state index in [9.17, 15) is 14.9 Å². The van der Waals surface area contributed by atoms with Gasteiger partial charge in [0.05, 0.1) is 16.7 Å². The Morgan fingerprint density at radius 2 is 1.82 bits per heavy atom. The van der Waals surface area contributed by atoms with Crippen molar-refractivity contribution in [2.24, 2.45) is 5.10 Å². The molecule has 0 saturated heterocycles. The largest absolute Gasteiger partial charge is 0.455 e. The van der Waals surface area contributed by atoms with Crippen molar-refractivity contribution < 1.29 is 18.6 Å². The van der Waals surface area contributed by atoms with Gasteiger partial charge >= 0.3 is 5.91 Å². The zero-order chi connectivity index (χ0) is 19.5. The molecule has 2 heterocycles. The minimum atomic E-state index is -0.502. The third-order valence-corrected chi connectivity index (χ3v) is 4.00. The summed E-state index contributed by atoms with van der Waals surface area (Å²) in [6.45, 7) is 0. The van der Waals surface area contributed by atoms with E-state index in [1.54, 1.807) is 42.5 Å². The molecule has 0 fully saturated rings. The molecule has 138 valence electrons. The number of nitro benzene ring substituents is 1. The second-order valence-electron chi connectivity index (χ2n) is 5.82. The van der Waals surface area contributed by atoms with Crippen LogP contribution in [0.5, 0.6) is 0 Å². The smallest absolute Gasteiger partial charge is 0.307 e. The first-order valence-electron chi connectivity index (χ1n) is 8.27. The average molecular weight is 375 g/mol. The maximum absolute atomic E-state index is 12.1. The molecule has 8 nitrogen and oxygen atoms in total. The third-order valence-electron chi connectivity index (χ3n) is 4.00. The van der Waals surface area contributed by atoms with Crippen LogP contribution in [0.2, 0.25) is 0 Å². The summed E-state index contributed by atoms with van der Waals surface area (Å²) in [7, 11) is 0. The lowest BCUT2D eigenvalue weighted by molar-refractivity contribution is -0.384. The molecule has 0 spiro atoms. The predicted octanol–water partition coefficient (Wildman–Crippen LogP) is 4.36. The van der Waals surface area contributed by atoms with Crippen LogP contribution < -0.4 is 5.43 Å². The van der Waals surface area contributed by atoms with Gasteiger partial charge in [-0.2, -0.15) is 5.10 Å². The standard InChI is InChI=1S/C20H13N3O5/c24-20(19-11-13-5-1-4-8-17(13)28-19)22-21-12-14-9-10-18(27-14)15-6-2-3-7-16(15)23(25)26/h1-12H,(H,22,24)/b21-12-. The molecular weight excluding hydrogens is 362 g/mol. The highest BCUT2D eigenvalue weighted by Gasteiger charge is 2.17. The Morgan fingerprint density at radius 3 is 2.64 bits per heavy atom. The molecule has 8 heteroatoms. The van der Waals surface area contributed by atoms with E-state index in [1.165, 1.54) is 12.3 Å².